The normalized spacial score (nSPS) is 10.0. The monoisotopic (exact) mass is 362 g/mol. The van der Waals surface area contributed by atoms with Crippen molar-refractivity contribution in [2.45, 2.75) is 6.54 Å². The maximum atomic E-state index is 12.4. The van der Waals surface area contributed by atoms with E-state index < -0.39 is 0 Å². The van der Waals surface area contributed by atoms with E-state index in [1.807, 2.05) is 30.3 Å². The SMILES string of the molecule is N#Cc1cccc(NC(=O)c2cncc(NCc3ccc(Cl)cc3)c2)c1. The topological polar surface area (TPSA) is 77.8 Å². The molecule has 0 bridgehead atoms. The number of nitrogens with zero attached hydrogens (tertiary/aromatic N) is 2. The molecule has 0 unspecified atom stereocenters. The number of halogens is 1. The molecule has 26 heavy (non-hydrogen) atoms. The van der Waals surface area contributed by atoms with E-state index in [1.54, 1.807) is 36.5 Å². The van der Waals surface area contributed by atoms with E-state index in [2.05, 4.69) is 15.6 Å². The summed E-state index contributed by atoms with van der Waals surface area (Å²) in [6.45, 7) is 0.591. The highest BCUT2D eigenvalue weighted by Gasteiger charge is 2.08. The minimum Gasteiger partial charge on any atom is -0.380 e. The summed E-state index contributed by atoms with van der Waals surface area (Å²) in [5.74, 6) is -0.289. The fourth-order valence-electron chi connectivity index (χ4n) is 2.34. The molecule has 0 fully saturated rings. The molecule has 1 aromatic heterocycles. The number of nitrogens with one attached hydrogen (secondary N) is 2. The van der Waals surface area contributed by atoms with Crippen LogP contribution >= 0.6 is 11.6 Å². The van der Waals surface area contributed by atoms with Crippen LogP contribution in [-0.2, 0) is 6.54 Å². The van der Waals surface area contributed by atoms with Crippen molar-refractivity contribution in [3.63, 3.8) is 0 Å². The van der Waals surface area contributed by atoms with Crippen LogP contribution in [0.4, 0.5) is 11.4 Å². The van der Waals surface area contributed by atoms with Crippen LogP contribution in [0.1, 0.15) is 21.5 Å². The van der Waals surface area contributed by atoms with Gasteiger partial charge in [-0.1, -0.05) is 29.8 Å². The number of aromatic nitrogens is 1. The zero-order chi connectivity index (χ0) is 18.4. The number of amides is 1. The number of rotatable bonds is 5. The maximum Gasteiger partial charge on any atom is 0.257 e. The minimum absolute atomic E-state index is 0.289. The van der Waals surface area contributed by atoms with E-state index in [9.17, 15) is 4.79 Å². The largest absolute Gasteiger partial charge is 0.380 e. The highest BCUT2D eigenvalue weighted by molar-refractivity contribution is 6.30. The highest BCUT2D eigenvalue weighted by Crippen LogP contribution is 2.15. The number of carbonyl (C=O) groups excluding carboxylic acids is 1. The molecule has 0 radical (unpaired) electrons. The molecule has 0 saturated carbocycles. The van der Waals surface area contributed by atoms with Gasteiger partial charge < -0.3 is 10.6 Å². The first-order valence-electron chi connectivity index (χ1n) is 7.89. The molecule has 0 saturated heterocycles. The second kappa shape index (κ2) is 8.15. The van der Waals surface area contributed by atoms with Gasteiger partial charge in [0, 0.05) is 29.6 Å². The van der Waals surface area contributed by atoms with Gasteiger partial charge in [-0.25, -0.2) is 0 Å². The Hall–Kier alpha value is -3.36. The van der Waals surface area contributed by atoms with Gasteiger partial charge in [0.1, 0.15) is 0 Å². The van der Waals surface area contributed by atoms with Crippen molar-refractivity contribution in [3.05, 3.63) is 88.7 Å². The third kappa shape index (κ3) is 4.59. The van der Waals surface area contributed by atoms with Gasteiger partial charge in [-0.2, -0.15) is 5.26 Å². The Morgan fingerprint density at radius 2 is 1.88 bits per heavy atom. The third-order valence-corrected chi connectivity index (χ3v) is 3.91. The molecule has 0 spiro atoms. The molecule has 0 atom stereocenters. The van der Waals surface area contributed by atoms with Gasteiger partial charge in [0.15, 0.2) is 0 Å². The van der Waals surface area contributed by atoms with Crippen molar-refractivity contribution in [2.75, 3.05) is 10.6 Å². The maximum absolute atomic E-state index is 12.4. The first-order chi connectivity index (χ1) is 12.6. The Morgan fingerprint density at radius 1 is 1.08 bits per heavy atom. The van der Waals surface area contributed by atoms with Gasteiger partial charge in [-0.15, -0.1) is 0 Å². The molecule has 3 rings (SSSR count). The lowest BCUT2D eigenvalue weighted by molar-refractivity contribution is 0.102. The van der Waals surface area contributed by atoms with Crippen LogP contribution in [-0.4, -0.2) is 10.9 Å². The zero-order valence-corrected chi connectivity index (χ0v) is 14.5. The van der Waals surface area contributed by atoms with Crippen LogP contribution in [0, 0.1) is 11.3 Å². The average molecular weight is 363 g/mol. The molecule has 128 valence electrons. The van der Waals surface area contributed by atoms with E-state index in [4.69, 9.17) is 16.9 Å². The number of benzene rings is 2. The summed E-state index contributed by atoms with van der Waals surface area (Å²) in [6.07, 6.45) is 3.15. The molecule has 2 aromatic carbocycles. The molecular formula is C20H15ClN4O. The Balaban J connectivity index is 1.67. The van der Waals surface area contributed by atoms with Gasteiger partial charge >= 0.3 is 0 Å². The van der Waals surface area contributed by atoms with Crippen LogP contribution in [0.25, 0.3) is 0 Å². The van der Waals surface area contributed by atoms with Crippen LogP contribution < -0.4 is 10.6 Å². The molecule has 1 amide bonds. The van der Waals surface area contributed by atoms with E-state index in [0.29, 0.717) is 28.4 Å². The first-order valence-corrected chi connectivity index (χ1v) is 8.27. The quantitative estimate of drug-likeness (QED) is 0.701. The Bertz CT molecular complexity index is 964. The minimum atomic E-state index is -0.289. The van der Waals surface area contributed by atoms with Crippen molar-refractivity contribution in [1.29, 1.82) is 5.26 Å². The first kappa shape index (κ1) is 17.5. The number of hydrogen-bond donors (Lipinski definition) is 2. The van der Waals surface area contributed by atoms with Crippen molar-refractivity contribution in [2.24, 2.45) is 0 Å². The molecule has 5 nitrogen and oxygen atoms in total. The summed E-state index contributed by atoms with van der Waals surface area (Å²) in [6, 6.07) is 18.0. The predicted octanol–water partition coefficient (Wildman–Crippen LogP) is 4.47. The van der Waals surface area contributed by atoms with Gasteiger partial charge in [-0.05, 0) is 42.0 Å². The fourth-order valence-corrected chi connectivity index (χ4v) is 2.46. The molecule has 1 heterocycles. The average Bonchev–Trinajstić information content (AvgIpc) is 2.68. The van der Waals surface area contributed by atoms with E-state index in [1.165, 1.54) is 6.20 Å². The number of nitriles is 1. The molecule has 3 aromatic rings. The molecular weight excluding hydrogens is 348 g/mol. The summed E-state index contributed by atoms with van der Waals surface area (Å²) in [5.41, 5.74) is 3.28. The fraction of sp³-hybridized carbons (Fsp3) is 0.0500. The van der Waals surface area contributed by atoms with Crippen LogP contribution in [0.15, 0.2) is 67.0 Å². The van der Waals surface area contributed by atoms with Crippen LogP contribution in [0.3, 0.4) is 0 Å². The lowest BCUT2D eigenvalue weighted by Crippen LogP contribution is -2.13. The third-order valence-electron chi connectivity index (χ3n) is 3.66. The standard InChI is InChI=1S/C20H15ClN4O/c21-17-6-4-14(5-7-17)11-24-19-9-16(12-23-13-19)20(26)25-18-3-1-2-15(8-18)10-22/h1-9,12-13,24H,11H2,(H,25,26). The predicted molar refractivity (Wildman–Crippen MR) is 102 cm³/mol. The number of hydrogen-bond acceptors (Lipinski definition) is 4. The van der Waals surface area contributed by atoms with Crippen LogP contribution in [0.5, 0.6) is 0 Å². The summed E-state index contributed by atoms with van der Waals surface area (Å²) in [5, 5.41) is 15.6. The summed E-state index contributed by atoms with van der Waals surface area (Å²) < 4.78 is 0. The molecule has 6 heteroatoms. The van der Waals surface area contributed by atoms with E-state index in [0.717, 1.165) is 11.3 Å². The van der Waals surface area contributed by atoms with Gasteiger partial charge in [0.2, 0.25) is 0 Å². The molecule has 0 aliphatic rings. The highest BCUT2D eigenvalue weighted by atomic mass is 35.5. The molecule has 0 aliphatic heterocycles. The Morgan fingerprint density at radius 3 is 2.65 bits per heavy atom. The lowest BCUT2D eigenvalue weighted by atomic mass is 10.2. The van der Waals surface area contributed by atoms with E-state index in [-0.39, 0.29) is 5.91 Å². The summed E-state index contributed by atoms with van der Waals surface area (Å²) >= 11 is 5.88. The smallest absolute Gasteiger partial charge is 0.257 e. The van der Waals surface area contributed by atoms with E-state index >= 15 is 0 Å². The Labute approximate surface area is 156 Å². The van der Waals surface area contributed by atoms with Gasteiger partial charge in [0.25, 0.3) is 5.91 Å². The van der Waals surface area contributed by atoms with Crippen molar-refractivity contribution < 1.29 is 4.79 Å². The second-order valence-electron chi connectivity index (χ2n) is 5.59. The summed E-state index contributed by atoms with van der Waals surface area (Å²) in [4.78, 5) is 16.5. The molecule has 0 aliphatic carbocycles. The summed E-state index contributed by atoms with van der Waals surface area (Å²) in [7, 11) is 0. The number of anilines is 2. The van der Waals surface area contributed by atoms with Crippen molar-refractivity contribution in [3.8, 4) is 6.07 Å². The zero-order valence-electron chi connectivity index (χ0n) is 13.7. The number of pyridine rings is 1. The van der Waals surface area contributed by atoms with Gasteiger partial charge in [-0.3, -0.25) is 9.78 Å². The van der Waals surface area contributed by atoms with Gasteiger partial charge in [0.05, 0.1) is 22.9 Å². The lowest BCUT2D eigenvalue weighted by Gasteiger charge is -2.09. The number of carbonyl (C=O) groups is 1. The Kier molecular flexibility index (Phi) is 5.47. The van der Waals surface area contributed by atoms with Crippen molar-refractivity contribution in [1.82, 2.24) is 4.98 Å². The molecule has 2 N–H and O–H groups in total. The van der Waals surface area contributed by atoms with Crippen molar-refractivity contribution >= 4 is 28.9 Å². The second-order valence-corrected chi connectivity index (χ2v) is 6.03. The van der Waals surface area contributed by atoms with Crippen LogP contribution in [0.2, 0.25) is 5.02 Å².